The second-order valence-corrected chi connectivity index (χ2v) is 6.89. The molecule has 0 aliphatic heterocycles. The molecule has 0 unspecified atom stereocenters. The highest BCUT2D eigenvalue weighted by Crippen LogP contribution is 2.26. The minimum absolute atomic E-state index is 0.384. The van der Waals surface area contributed by atoms with Crippen molar-refractivity contribution in [2.24, 2.45) is 5.84 Å². The van der Waals surface area contributed by atoms with E-state index in [-0.39, 0.29) is 0 Å². The summed E-state index contributed by atoms with van der Waals surface area (Å²) in [4.78, 5) is 0. The molecule has 2 aromatic carbocycles. The monoisotopic (exact) mass is 386 g/mol. The molecule has 0 spiro atoms. The number of allylic oxidation sites excluding steroid dienone is 1. The van der Waals surface area contributed by atoms with Gasteiger partial charge in [-0.05, 0) is 56.2 Å². The van der Waals surface area contributed by atoms with Crippen molar-refractivity contribution in [3.05, 3.63) is 69.4 Å². The number of hydrogen-bond acceptors (Lipinski definition) is 5. The molecule has 0 saturated carbocycles. The van der Waals surface area contributed by atoms with E-state index in [0.29, 0.717) is 23.0 Å². The van der Waals surface area contributed by atoms with E-state index in [2.05, 4.69) is 5.32 Å². The molecule has 0 heterocycles. The lowest BCUT2D eigenvalue weighted by molar-refractivity contribution is 0.303. The summed E-state index contributed by atoms with van der Waals surface area (Å²) in [5, 5.41) is 13.3. The van der Waals surface area contributed by atoms with Gasteiger partial charge in [0.15, 0.2) is 0 Å². The van der Waals surface area contributed by atoms with Crippen molar-refractivity contribution < 1.29 is 4.74 Å². The Morgan fingerprint density at radius 2 is 1.93 bits per heavy atom. The zero-order chi connectivity index (χ0) is 20.1. The van der Waals surface area contributed by atoms with Crippen molar-refractivity contribution in [2.45, 2.75) is 27.4 Å². The Hall–Kier alpha value is -2.50. The normalized spacial score (nSPS) is 11.7. The molecule has 0 aliphatic rings. The summed E-state index contributed by atoms with van der Waals surface area (Å²) >= 11 is 6.09. The minimum Gasteiger partial charge on any atom is -0.489 e. The van der Waals surface area contributed by atoms with Gasteiger partial charge in [0.05, 0.1) is 11.4 Å². The van der Waals surface area contributed by atoms with Crippen LogP contribution in [0.3, 0.4) is 0 Å². The Morgan fingerprint density at radius 3 is 2.52 bits per heavy atom. The highest BCUT2D eigenvalue weighted by atomic mass is 35.5. The lowest BCUT2D eigenvalue weighted by Crippen LogP contribution is -2.26. The summed E-state index contributed by atoms with van der Waals surface area (Å²) in [7, 11) is 3.55. The number of ether oxygens (including phenoxy) is 1. The maximum Gasteiger partial charge on any atom is 0.122 e. The Kier molecular flexibility index (Phi) is 6.88. The van der Waals surface area contributed by atoms with Gasteiger partial charge in [0.25, 0.3) is 0 Å². The number of rotatable bonds is 7. The molecule has 5 nitrogen and oxygen atoms in total. The van der Waals surface area contributed by atoms with Gasteiger partial charge < -0.3 is 15.1 Å². The number of aryl methyl sites for hydroxylation is 2. The van der Waals surface area contributed by atoms with Crippen LogP contribution in [-0.2, 0) is 6.61 Å². The van der Waals surface area contributed by atoms with E-state index in [0.717, 1.165) is 33.7 Å². The second kappa shape index (κ2) is 8.93. The number of nitrogens with one attached hydrogen (secondary N) is 2. The van der Waals surface area contributed by atoms with Gasteiger partial charge in [-0.3, -0.25) is 5.41 Å². The number of benzene rings is 2. The molecule has 2 aromatic rings. The van der Waals surface area contributed by atoms with Crippen LogP contribution >= 0.6 is 11.6 Å². The van der Waals surface area contributed by atoms with E-state index >= 15 is 0 Å². The molecular formula is C21H27ClN4O. The Labute approximate surface area is 166 Å². The Bertz CT molecular complexity index is 874. The highest BCUT2D eigenvalue weighted by Gasteiger charge is 2.12. The van der Waals surface area contributed by atoms with Gasteiger partial charge in [0.1, 0.15) is 17.5 Å². The predicted octanol–water partition coefficient (Wildman–Crippen LogP) is 4.25. The van der Waals surface area contributed by atoms with Crippen LogP contribution in [-0.4, -0.2) is 19.8 Å². The molecule has 0 atom stereocenters. The van der Waals surface area contributed by atoms with Gasteiger partial charge in [-0.25, -0.2) is 5.84 Å². The predicted molar refractivity (Wildman–Crippen MR) is 114 cm³/mol. The minimum atomic E-state index is 0.384. The molecular weight excluding hydrogens is 360 g/mol. The summed E-state index contributed by atoms with van der Waals surface area (Å²) in [5.74, 6) is 6.71. The van der Waals surface area contributed by atoms with Crippen LogP contribution in [0, 0.1) is 19.3 Å². The van der Waals surface area contributed by atoms with E-state index in [1.807, 2.05) is 64.2 Å². The molecule has 0 aromatic heterocycles. The Balaban J connectivity index is 2.22. The smallest absolute Gasteiger partial charge is 0.122 e. The maximum atomic E-state index is 8.33. The molecule has 0 bridgehead atoms. The molecule has 2 rings (SSSR count). The number of nitrogens with zero attached hydrogens (tertiary/aromatic N) is 1. The zero-order valence-corrected chi connectivity index (χ0v) is 17.2. The topological polar surface area (TPSA) is 74.4 Å². The lowest BCUT2D eigenvalue weighted by atomic mass is 10.0. The van der Waals surface area contributed by atoms with Crippen LogP contribution in [0.5, 0.6) is 5.75 Å². The second-order valence-electron chi connectivity index (χ2n) is 6.52. The average Bonchev–Trinajstić information content (AvgIpc) is 2.65. The maximum absolute atomic E-state index is 8.33. The first-order chi connectivity index (χ1) is 12.8. The molecule has 0 fully saturated rings. The van der Waals surface area contributed by atoms with Crippen molar-refractivity contribution in [1.82, 2.24) is 5.32 Å². The molecule has 27 heavy (non-hydrogen) atoms. The first kappa shape index (κ1) is 20.8. The van der Waals surface area contributed by atoms with Crippen LogP contribution in [0.2, 0.25) is 0 Å². The van der Waals surface area contributed by atoms with Gasteiger partial charge >= 0.3 is 0 Å². The van der Waals surface area contributed by atoms with Crippen molar-refractivity contribution in [1.29, 1.82) is 5.41 Å². The summed E-state index contributed by atoms with van der Waals surface area (Å²) in [6.07, 6.45) is 0. The van der Waals surface area contributed by atoms with E-state index in [4.69, 9.17) is 27.6 Å². The Morgan fingerprint density at radius 1 is 1.22 bits per heavy atom. The summed E-state index contributed by atoms with van der Waals surface area (Å²) in [6, 6.07) is 11.7. The van der Waals surface area contributed by atoms with Crippen LogP contribution in [0.15, 0.2) is 47.1 Å². The highest BCUT2D eigenvalue weighted by molar-refractivity contribution is 6.32. The molecule has 0 amide bonds. The van der Waals surface area contributed by atoms with Crippen molar-refractivity contribution in [3.8, 4) is 5.75 Å². The van der Waals surface area contributed by atoms with Gasteiger partial charge in [0.2, 0.25) is 0 Å². The van der Waals surface area contributed by atoms with E-state index in [1.54, 1.807) is 12.1 Å². The fraction of sp³-hybridized carbons (Fsp3) is 0.286. The van der Waals surface area contributed by atoms with Gasteiger partial charge in [-0.1, -0.05) is 23.7 Å². The van der Waals surface area contributed by atoms with Gasteiger partial charge in [0, 0.05) is 30.8 Å². The summed E-state index contributed by atoms with van der Waals surface area (Å²) in [6.45, 7) is 6.26. The molecule has 6 heteroatoms. The fourth-order valence-corrected chi connectivity index (χ4v) is 2.93. The third-order valence-corrected chi connectivity index (χ3v) is 5.00. The van der Waals surface area contributed by atoms with Crippen LogP contribution in [0.25, 0.3) is 0 Å². The van der Waals surface area contributed by atoms with Crippen molar-refractivity contribution >= 4 is 23.0 Å². The van der Waals surface area contributed by atoms with E-state index in [1.165, 1.54) is 0 Å². The van der Waals surface area contributed by atoms with E-state index < -0.39 is 0 Å². The molecule has 4 N–H and O–H groups in total. The zero-order valence-electron chi connectivity index (χ0n) is 16.5. The van der Waals surface area contributed by atoms with Gasteiger partial charge in [-0.2, -0.15) is 0 Å². The van der Waals surface area contributed by atoms with Crippen LogP contribution in [0.1, 0.15) is 29.2 Å². The molecule has 0 aliphatic carbocycles. The van der Waals surface area contributed by atoms with Gasteiger partial charge in [-0.15, -0.1) is 0 Å². The largest absolute Gasteiger partial charge is 0.489 e. The third-order valence-electron chi connectivity index (χ3n) is 4.52. The third kappa shape index (κ3) is 4.81. The quantitative estimate of drug-likeness (QED) is 0.288. The van der Waals surface area contributed by atoms with Crippen molar-refractivity contribution in [2.75, 3.05) is 19.1 Å². The molecule has 0 radical (unpaired) electrons. The summed E-state index contributed by atoms with van der Waals surface area (Å²) < 4.78 is 6.06. The summed E-state index contributed by atoms with van der Waals surface area (Å²) in [5.41, 5.74) is 5.96. The fourth-order valence-electron chi connectivity index (χ4n) is 2.84. The number of halogens is 1. The van der Waals surface area contributed by atoms with Crippen LogP contribution in [0.4, 0.5) is 5.69 Å². The number of nitrogens with two attached hydrogens (primary N) is 1. The standard InChI is InChI=1S/C21H27ClN4O/c1-13-7-6-8-18(26(5)24)17(13)12-27-19-10-9-16(11-14(19)2)20(23)15(3)21(22)25-4/h6-11,23,25H,12,24H2,1-5H3/b21-15-,23-20?. The van der Waals surface area contributed by atoms with Crippen molar-refractivity contribution in [3.63, 3.8) is 0 Å². The van der Waals surface area contributed by atoms with Crippen LogP contribution < -0.4 is 20.9 Å². The SMILES string of the molecule is CN/C(Cl)=C(/C)C(=N)c1ccc(OCc2c(C)cccc2N(C)N)c(C)c1. The molecule has 0 saturated heterocycles. The number of anilines is 1. The van der Waals surface area contributed by atoms with E-state index in [9.17, 15) is 0 Å². The lowest BCUT2D eigenvalue weighted by Gasteiger charge is -2.20. The average molecular weight is 387 g/mol. The first-order valence-electron chi connectivity index (χ1n) is 8.70. The molecule has 144 valence electrons. The number of hydrazine groups is 1. The number of hydrogen-bond donors (Lipinski definition) is 3. The first-order valence-corrected chi connectivity index (χ1v) is 9.07.